The van der Waals surface area contributed by atoms with Gasteiger partial charge in [0.2, 0.25) is 5.91 Å². The highest BCUT2D eigenvalue weighted by atomic mass is 35.5. The molecule has 2 aromatic heterocycles. The molecule has 0 radical (unpaired) electrons. The summed E-state index contributed by atoms with van der Waals surface area (Å²) in [7, 11) is 1.30. The number of methoxy groups -OCH3 is 1. The van der Waals surface area contributed by atoms with Crippen LogP contribution in [0.15, 0.2) is 36.5 Å². The summed E-state index contributed by atoms with van der Waals surface area (Å²) >= 11 is 5.83. The van der Waals surface area contributed by atoms with E-state index >= 15 is 8.78 Å². The van der Waals surface area contributed by atoms with Gasteiger partial charge in [0.25, 0.3) is 5.91 Å². The van der Waals surface area contributed by atoms with Gasteiger partial charge in [0.15, 0.2) is 0 Å². The Labute approximate surface area is 259 Å². The van der Waals surface area contributed by atoms with Gasteiger partial charge in [0.1, 0.15) is 39.9 Å². The van der Waals surface area contributed by atoms with Crippen LogP contribution in [0.5, 0.6) is 11.5 Å². The van der Waals surface area contributed by atoms with Crippen LogP contribution in [-0.2, 0) is 16.8 Å². The van der Waals surface area contributed by atoms with Crippen LogP contribution in [0.4, 0.5) is 17.6 Å². The van der Waals surface area contributed by atoms with Gasteiger partial charge in [0, 0.05) is 27.7 Å². The minimum absolute atomic E-state index is 0.0337. The van der Waals surface area contributed by atoms with Crippen molar-refractivity contribution in [2.45, 2.75) is 38.3 Å². The fraction of sp³-hybridized carbons (Fsp3) is 0.333. The van der Waals surface area contributed by atoms with Gasteiger partial charge in [-0.15, -0.1) is 0 Å². The van der Waals surface area contributed by atoms with E-state index in [0.29, 0.717) is 17.5 Å². The van der Waals surface area contributed by atoms with Gasteiger partial charge >= 0.3 is 6.55 Å². The second-order valence-corrected chi connectivity index (χ2v) is 11.0. The molecule has 1 saturated carbocycles. The highest BCUT2D eigenvalue weighted by Gasteiger charge is 2.47. The van der Waals surface area contributed by atoms with Gasteiger partial charge in [0.05, 0.1) is 37.9 Å². The smallest absolute Gasteiger partial charge is 0.333 e. The zero-order chi connectivity index (χ0) is 32.6. The van der Waals surface area contributed by atoms with E-state index in [-0.39, 0.29) is 56.5 Å². The second kappa shape index (κ2) is 12.5. The van der Waals surface area contributed by atoms with E-state index in [1.165, 1.54) is 25.3 Å². The Bertz CT molecular complexity index is 1780. The summed E-state index contributed by atoms with van der Waals surface area (Å²) in [6.07, 6.45) is 1.74. The molecule has 1 atom stereocenters. The Morgan fingerprint density at radius 3 is 2.47 bits per heavy atom. The molecule has 0 aliphatic heterocycles. The number of halogens is 5. The first-order chi connectivity index (χ1) is 21.4. The van der Waals surface area contributed by atoms with Crippen LogP contribution in [0, 0.1) is 17.6 Å². The minimum Gasteiger partial charge on any atom is -0.494 e. The van der Waals surface area contributed by atoms with Crippen molar-refractivity contribution in [3.8, 4) is 22.8 Å². The number of benzene rings is 2. The molecule has 10 nitrogen and oxygen atoms in total. The van der Waals surface area contributed by atoms with Crippen molar-refractivity contribution < 1.29 is 41.7 Å². The van der Waals surface area contributed by atoms with Crippen molar-refractivity contribution in [1.29, 1.82) is 0 Å². The fourth-order valence-corrected chi connectivity index (χ4v) is 5.39. The molecule has 1 aliphatic rings. The Hall–Kier alpha value is -4.43. The molecule has 5 rings (SSSR count). The highest BCUT2D eigenvalue weighted by Crippen LogP contribution is 2.47. The second-order valence-electron chi connectivity index (χ2n) is 10.5. The zero-order valence-electron chi connectivity index (χ0n) is 24.0. The van der Waals surface area contributed by atoms with E-state index in [1.807, 2.05) is 0 Å². The summed E-state index contributed by atoms with van der Waals surface area (Å²) in [4.78, 5) is 29.8. The van der Waals surface area contributed by atoms with Gasteiger partial charge < -0.3 is 25.6 Å². The number of fused-ring (bicyclic) bond motifs is 1. The van der Waals surface area contributed by atoms with Crippen LogP contribution in [0.3, 0.4) is 0 Å². The molecule has 2 aromatic carbocycles. The quantitative estimate of drug-likeness (QED) is 0.186. The largest absolute Gasteiger partial charge is 0.494 e. The maximum Gasteiger partial charge on any atom is 0.333 e. The van der Waals surface area contributed by atoms with E-state index in [1.54, 1.807) is 6.92 Å². The van der Waals surface area contributed by atoms with Crippen molar-refractivity contribution >= 4 is 34.3 Å². The Balaban J connectivity index is 1.57. The number of pyridine rings is 1. The topological polar surface area (TPSA) is 142 Å². The van der Waals surface area contributed by atoms with Crippen LogP contribution in [0.2, 0.25) is 5.02 Å². The zero-order valence-corrected chi connectivity index (χ0v) is 24.8. The predicted octanol–water partition coefficient (Wildman–Crippen LogP) is 4.89. The lowest BCUT2D eigenvalue weighted by atomic mass is 9.90. The molecule has 15 heteroatoms. The third-order valence-corrected chi connectivity index (χ3v) is 7.65. The summed E-state index contributed by atoms with van der Waals surface area (Å²) in [5.74, 6) is -4.02. The number of carbonyl (C=O) groups excluding carboxylic acids is 2. The molecule has 0 spiro atoms. The number of aromatic nitrogens is 3. The average Bonchev–Trinajstić information content (AvgIpc) is 3.74. The number of alkyl halides is 2. The van der Waals surface area contributed by atoms with Crippen LogP contribution < -0.4 is 20.5 Å². The molecule has 4 N–H and O–H groups in total. The Morgan fingerprint density at radius 2 is 1.89 bits per heavy atom. The number of hydrogen-bond donors (Lipinski definition) is 3. The van der Waals surface area contributed by atoms with Crippen molar-refractivity contribution in [3.05, 3.63) is 70.0 Å². The van der Waals surface area contributed by atoms with E-state index in [0.717, 1.165) is 18.3 Å². The predicted molar refractivity (Wildman–Crippen MR) is 155 cm³/mol. The molecule has 45 heavy (non-hydrogen) atoms. The molecule has 238 valence electrons. The van der Waals surface area contributed by atoms with Gasteiger partial charge in [-0.05, 0) is 56.0 Å². The molecule has 4 aromatic rings. The van der Waals surface area contributed by atoms with Crippen LogP contribution in [0.1, 0.15) is 47.9 Å². The van der Waals surface area contributed by atoms with Gasteiger partial charge in [-0.1, -0.05) is 11.6 Å². The number of nitrogens with zero attached hydrogens (tertiary/aromatic N) is 3. The summed E-state index contributed by atoms with van der Waals surface area (Å²) in [6.45, 7) is -1.64. The molecule has 0 saturated heterocycles. The monoisotopic (exact) mass is 649 g/mol. The average molecular weight is 650 g/mol. The molecule has 0 bridgehead atoms. The van der Waals surface area contributed by atoms with Crippen LogP contribution in [0.25, 0.3) is 22.2 Å². The maximum absolute atomic E-state index is 15.2. The van der Waals surface area contributed by atoms with Gasteiger partial charge in [-0.25, -0.2) is 18.4 Å². The first-order valence-electron chi connectivity index (χ1n) is 13.8. The van der Waals surface area contributed by atoms with Gasteiger partial charge in [-0.3, -0.25) is 9.59 Å². The molecule has 2 amide bonds. The molecular formula is C30H28ClF4N5O5. The Kier molecular flexibility index (Phi) is 8.90. The van der Waals surface area contributed by atoms with E-state index in [4.69, 9.17) is 26.8 Å². The van der Waals surface area contributed by atoms with Crippen molar-refractivity contribution in [3.63, 3.8) is 0 Å². The number of carbonyl (C=O) groups is 2. The number of primary amides is 1. The molecule has 1 aliphatic carbocycles. The number of aliphatic hydroxyl groups is 1. The molecular weight excluding hydrogens is 622 g/mol. The summed E-state index contributed by atoms with van der Waals surface area (Å²) in [5, 5.41) is 18.5. The third-order valence-electron chi connectivity index (χ3n) is 7.44. The van der Waals surface area contributed by atoms with E-state index in [9.17, 15) is 23.5 Å². The highest BCUT2D eigenvalue weighted by molar-refractivity contribution is 6.30. The maximum atomic E-state index is 15.2. The number of rotatable bonds is 12. The standard InChI is InChI=1S/C30H28ClF4N5O5/c1-3-45-27-14(9-23(36)41)8-22(38-26(27)24-19(32)10-18(31)11-20(24)33)30(43,17-4-5-17)13-37-28(42)15-6-16-12-40(29(34)35)39-25(16)21(7-15)44-2/h6-8,10-12,17,29,43H,3-5,9,13H2,1-2H3,(H2,36,41)(H,37,42)/t30-/m1/s1. The summed E-state index contributed by atoms with van der Waals surface area (Å²) < 4.78 is 68.2. The van der Waals surface area contributed by atoms with Crippen molar-refractivity contribution in [2.24, 2.45) is 11.7 Å². The molecule has 0 unspecified atom stereocenters. The van der Waals surface area contributed by atoms with Gasteiger partial charge in [-0.2, -0.15) is 13.9 Å². The SMILES string of the molecule is CCOc1c(CC(N)=O)cc([C@@](O)(CNC(=O)c2cc(OC)c3nn(C(F)F)cc3c2)C2CC2)nc1-c1c(F)cc(Cl)cc1F. The summed E-state index contributed by atoms with van der Waals surface area (Å²) in [5.41, 5.74) is 2.88. The van der Waals surface area contributed by atoms with Crippen LogP contribution >= 0.6 is 11.6 Å². The van der Waals surface area contributed by atoms with E-state index in [2.05, 4.69) is 15.4 Å². The lowest BCUT2D eigenvalue weighted by Crippen LogP contribution is -2.43. The fourth-order valence-electron chi connectivity index (χ4n) is 5.20. The van der Waals surface area contributed by atoms with Crippen LogP contribution in [-0.4, -0.2) is 51.9 Å². The molecule has 1 fully saturated rings. The lowest BCUT2D eigenvalue weighted by Gasteiger charge is -2.30. The van der Waals surface area contributed by atoms with Crippen molar-refractivity contribution in [2.75, 3.05) is 20.3 Å². The molecule has 2 heterocycles. The minimum atomic E-state index is -2.91. The first kappa shape index (κ1) is 32.0. The number of hydrogen-bond acceptors (Lipinski definition) is 7. The summed E-state index contributed by atoms with van der Waals surface area (Å²) in [6, 6.07) is 5.81. The first-order valence-corrected chi connectivity index (χ1v) is 14.2. The number of amides is 2. The number of nitrogens with one attached hydrogen (secondary N) is 1. The third kappa shape index (κ3) is 6.38. The Morgan fingerprint density at radius 1 is 1.20 bits per heavy atom. The van der Waals surface area contributed by atoms with Crippen molar-refractivity contribution in [1.82, 2.24) is 20.1 Å². The number of ether oxygens (including phenoxy) is 2. The number of nitrogens with two attached hydrogens (primary N) is 1. The lowest BCUT2D eigenvalue weighted by molar-refractivity contribution is -0.117. The van der Waals surface area contributed by atoms with E-state index < -0.39 is 60.0 Å². The normalized spacial score (nSPS) is 14.4.